The van der Waals surface area contributed by atoms with E-state index < -0.39 is 17.0 Å². The van der Waals surface area contributed by atoms with Crippen LogP contribution >= 0.6 is 11.3 Å². The Labute approximate surface area is 184 Å². The van der Waals surface area contributed by atoms with Crippen molar-refractivity contribution in [2.75, 3.05) is 6.54 Å². The van der Waals surface area contributed by atoms with Crippen LogP contribution < -0.4 is 10.6 Å². The molecule has 0 radical (unpaired) electrons. The van der Waals surface area contributed by atoms with E-state index >= 15 is 0 Å². The Morgan fingerprint density at radius 3 is 2.65 bits per heavy atom. The lowest BCUT2D eigenvalue weighted by atomic mass is 9.92. The Morgan fingerprint density at radius 2 is 1.90 bits per heavy atom. The summed E-state index contributed by atoms with van der Waals surface area (Å²) in [6, 6.07) is 10.5. The molecule has 1 aromatic heterocycles. The molecule has 31 heavy (non-hydrogen) atoms. The van der Waals surface area contributed by atoms with Gasteiger partial charge in [0.15, 0.2) is 5.78 Å². The third-order valence-electron chi connectivity index (χ3n) is 5.76. The van der Waals surface area contributed by atoms with Gasteiger partial charge in [-0.2, -0.15) is 0 Å². The summed E-state index contributed by atoms with van der Waals surface area (Å²) in [6.45, 7) is 5.53. The molecule has 2 aromatic rings. The van der Waals surface area contributed by atoms with Gasteiger partial charge in [0.2, 0.25) is 5.91 Å². The first-order chi connectivity index (χ1) is 14.6. The van der Waals surface area contributed by atoms with Crippen LogP contribution in [0, 0.1) is 5.41 Å². The monoisotopic (exact) mass is 439 g/mol. The van der Waals surface area contributed by atoms with Crippen LogP contribution in [0.2, 0.25) is 0 Å². The van der Waals surface area contributed by atoms with Gasteiger partial charge >= 0.3 is 6.03 Å². The molecule has 0 bridgehead atoms. The number of amides is 4. The quantitative estimate of drug-likeness (QED) is 0.553. The normalized spacial score (nSPS) is 20.2. The third kappa shape index (κ3) is 3.76. The molecule has 0 saturated carbocycles. The molecule has 2 N–H and O–H groups in total. The molecule has 1 fully saturated rings. The van der Waals surface area contributed by atoms with E-state index in [0.29, 0.717) is 24.3 Å². The molecule has 2 aliphatic rings. The van der Waals surface area contributed by atoms with Crippen molar-refractivity contribution in [1.29, 1.82) is 0 Å². The molecule has 1 atom stereocenters. The van der Waals surface area contributed by atoms with Crippen molar-refractivity contribution in [3.8, 4) is 0 Å². The molecule has 4 rings (SSSR count). The number of Topliss-reactive ketones (excluding diaryl/α,β-unsaturated/α-hetero) is 1. The number of carbonyl (C=O) groups is 4. The molecule has 1 aromatic carbocycles. The molecule has 0 unspecified atom stereocenters. The second-order valence-electron chi connectivity index (χ2n) is 9.01. The van der Waals surface area contributed by atoms with Crippen LogP contribution in [0.5, 0.6) is 0 Å². The average molecular weight is 440 g/mol. The summed E-state index contributed by atoms with van der Waals surface area (Å²) in [5.41, 5.74) is 0.306. The van der Waals surface area contributed by atoms with E-state index in [4.69, 9.17) is 0 Å². The average Bonchev–Trinajstić information content (AvgIpc) is 3.40. The number of ketones is 1. The minimum absolute atomic E-state index is 0.0738. The van der Waals surface area contributed by atoms with Gasteiger partial charge in [0.25, 0.3) is 5.91 Å². The Morgan fingerprint density at radius 1 is 1.16 bits per heavy atom. The minimum atomic E-state index is -1.06. The van der Waals surface area contributed by atoms with Gasteiger partial charge in [0.1, 0.15) is 5.54 Å². The van der Waals surface area contributed by atoms with Crippen molar-refractivity contribution < 1.29 is 19.2 Å². The van der Waals surface area contributed by atoms with Gasteiger partial charge in [0, 0.05) is 10.3 Å². The summed E-state index contributed by atoms with van der Waals surface area (Å²) >= 11 is 1.26. The molecule has 4 amide bonds. The van der Waals surface area contributed by atoms with Gasteiger partial charge in [0.05, 0.1) is 18.0 Å². The van der Waals surface area contributed by atoms with E-state index in [2.05, 4.69) is 10.6 Å². The highest BCUT2D eigenvalue weighted by atomic mass is 32.1. The lowest BCUT2D eigenvalue weighted by molar-refractivity contribution is -0.131. The highest BCUT2D eigenvalue weighted by molar-refractivity contribution is 7.14. The molecule has 1 aliphatic carbocycles. The Hall–Kier alpha value is -3.00. The maximum absolute atomic E-state index is 13.2. The van der Waals surface area contributed by atoms with Crippen LogP contribution in [-0.2, 0) is 28.1 Å². The van der Waals surface area contributed by atoms with E-state index in [1.54, 1.807) is 12.1 Å². The van der Waals surface area contributed by atoms with E-state index in [9.17, 15) is 19.2 Å². The lowest BCUT2D eigenvalue weighted by Gasteiger charge is -2.22. The van der Waals surface area contributed by atoms with Crippen molar-refractivity contribution in [2.24, 2.45) is 5.41 Å². The van der Waals surface area contributed by atoms with Crippen LogP contribution in [0.4, 0.5) is 4.79 Å². The SMILES string of the molecule is CC(C)(C)C(=O)NCc1ccc(C(=O)CN2C(=O)N[C@@]3(CCc4ccccc43)C2=O)s1. The van der Waals surface area contributed by atoms with E-state index in [1.165, 1.54) is 11.3 Å². The molecular weight excluding hydrogens is 414 g/mol. The summed E-state index contributed by atoms with van der Waals surface area (Å²) in [4.78, 5) is 52.9. The van der Waals surface area contributed by atoms with E-state index in [1.807, 2.05) is 45.0 Å². The molecule has 1 aliphatic heterocycles. The summed E-state index contributed by atoms with van der Waals surface area (Å²) in [5, 5.41) is 5.69. The smallest absolute Gasteiger partial charge is 0.325 e. The number of fused-ring (bicyclic) bond motifs is 2. The fraction of sp³-hybridized carbons (Fsp3) is 0.391. The molecule has 162 valence electrons. The van der Waals surface area contributed by atoms with Crippen LogP contribution in [0.1, 0.15) is 52.9 Å². The Bertz CT molecular complexity index is 1080. The zero-order chi connectivity index (χ0) is 22.4. The maximum Gasteiger partial charge on any atom is 0.325 e. The summed E-state index contributed by atoms with van der Waals surface area (Å²) < 4.78 is 0. The fourth-order valence-electron chi connectivity index (χ4n) is 4.01. The van der Waals surface area contributed by atoms with Gasteiger partial charge in [-0.3, -0.25) is 19.3 Å². The predicted molar refractivity (Wildman–Crippen MR) is 117 cm³/mol. The zero-order valence-electron chi connectivity index (χ0n) is 17.8. The van der Waals surface area contributed by atoms with Gasteiger partial charge in [-0.1, -0.05) is 45.0 Å². The summed E-state index contributed by atoms with van der Waals surface area (Å²) in [6.07, 6.45) is 1.21. The number of aryl methyl sites for hydroxylation is 1. The van der Waals surface area contributed by atoms with Crippen molar-refractivity contribution in [3.05, 3.63) is 57.3 Å². The van der Waals surface area contributed by atoms with Crippen LogP contribution in [-0.4, -0.2) is 35.1 Å². The first-order valence-electron chi connectivity index (χ1n) is 10.2. The minimum Gasteiger partial charge on any atom is -0.351 e. The molecule has 8 heteroatoms. The molecule has 2 heterocycles. The third-order valence-corrected chi connectivity index (χ3v) is 6.89. The number of benzene rings is 1. The molecule has 7 nitrogen and oxygen atoms in total. The zero-order valence-corrected chi connectivity index (χ0v) is 18.6. The number of imide groups is 1. The number of nitrogens with one attached hydrogen (secondary N) is 2. The highest BCUT2D eigenvalue weighted by Gasteiger charge is 2.55. The lowest BCUT2D eigenvalue weighted by Crippen LogP contribution is -2.42. The summed E-state index contributed by atoms with van der Waals surface area (Å²) in [7, 11) is 0. The van der Waals surface area contributed by atoms with Crippen LogP contribution in [0.15, 0.2) is 36.4 Å². The number of urea groups is 1. The number of hydrogen-bond acceptors (Lipinski definition) is 5. The van der Waals surface area contributed by atoms with Crippen molar-refractivity contribution in [2.45, 2.75) is 45.7 Å². The van der Waals surface area contributed by atoms with Gasteiger partial charge in [-0.05, 0) is 36.1 Å². The van der Waals surface area contributed by atoms with Crippen molar-refractivity contribution in [1.82, 2.24) is 15.5 Å². The van der Waals surface area contributed by atoms with Crippen molar-refractivity contribution >= 4 is 35.0 Å². The number of rotatable bonds is 5. The Kier molecular flexibility index (Phi) is 5.21. The summed E-state index contributed by atoms with van der Waals surface area (Å²) in [5.74, 6) is -0.745. The Balaban J connectivity index is 1.44. The maximum atomic E-state index is 13.2. The van der Waals surface area contributed by atoms with Crippen LogP contribution in [0.25, 0.3) is 0 Å². The standard InChI is InChI=1S/C23H25N3O4S/c1-22(2,3)19(28)24-12-15-8-9-18(31-15)17(27)13-26-20(29)23(25-21(26)30)11-10-14-6-4-5-7-16(14)23/h4-9H,10-13H2,1-3H3,(H,24,28)(H,25,30)/t23-/m1/s1. The van der Waals surface area contributed by atoms with Gasteiger partial charge < -0.3 is 10.6 Å². The molecular formula is C23H25N3O4S. The van der Waals surface area contributed by atoms with E-state index in [0.717, 1.165) is 20.9 Å². The topological polar surface area (TPSA) is 95.6 Å². The first kappa shape index (κ1) is 21.2. The first-order valence-corrected chi connectivity index (χ1v) is 11.1. The second-order valence-corrected chi connectivity index (χ2v) is 10.2. The van der Waals surface area contributed by atoms with E-state index in [-0.39, 0.29) is 24.1 Å². The fourth-order valence-corrected chi connectivity index (χ4v) is 4.89. The largest absolute Gasteiger partial charge is 0.351 e. The van der Waals surface area contributed by atoms with Gasteiger partial charge in [-0.25, -0.2) is 4.79 Å². The number of hydrogen-bond donors (Lipinski definition) is 2. The number of carbonyl (C=O) groups excluding carboxylic acids is 4. The number of nitrogens with zero attached hydrogens (tertiary/aromatic N) is 1. The highest BCUT2D eigenvalue weighted by Crippen LogP contribution is 2.41. The van der Waals surface area contributed by atoms with Crippen LogP contribution in [0.3, 0.4) is 0 Å². The molecule has 1 spiro atoms. The van der Waals surface area contributed by atoms with Gasteiger partial charge in [-0.15, -0.1) is 11.3 Å². The van der Waals surface area contributed by atoms with Crippen molar-refractivity contribution in [3.63, 3.8) is 0 Å². The number of thiophene rings is 1. The predicted octanol–water partition coefficient (Wildman–Crippen LogP) is 2.99. The molecule has 1 saturated heterocycles. The second kappa shape index (κ2) is 7.60.